The van der Waals surface area contributed by atoms with Gasteiger partial charge in [-0.1, -0.05) is 45.7 Å². The predicted molar refractivity (Wildman–Crippen MR) is 79.6 cm³/mol. The number of nitro benzene ring substituents is 1. The number of anilines is 1. The van der Waals surface area contributed by atoms with Gasteiger partial charge in [0.05, 0.1) is 4.92 Å². The summed E-state index contributed by atoms with van der Waals surface area (Å²) >= 11 is 9.27. The number of nitrogens with one attached hydrogen (secondary N) is 1. The van der Waals surface area contributed by atoms with Gasteiger partial charge in [-0.25, -0.2) is 0 Å². The third-order valence-corrected chi connectivity index (χ3v) is 3.56. The van der Waals surface area contributed by atoms with E-state index in [2.05, 4.69) is 21.2 Å². The van der Waals surface area contributed by atoms with Crippen LogP contribution in [-0.4, -0.2) is 4.92 Å². The average Bonchev–Trinajstić information content (AvgIpc) is 2.38. The lowest BCUT2D eigenvalue weighted by Gasteiger charge is -2.08. The zero-order valence-corrected chi connectivity index (χ0v) is 12.1. The number of halogens is 2. The van der Waals surface area contributed by atoms with Crippen LogP contribution in [0.25, 0.3) is 0 Å². The van der Waals surface area contributed by atoms with Crippen LogP contribution in [0.15, 0.2) is 46.9 Å². The van der Waals surface area contributed by atoms with E-state index >= 15 is 0 Å². The number of nitrogens with zero attached hydrogens (tertiary/aromatic N) is 1. The molecule has 2 rings (SSSR count). The second kappa shape index (κ2) is 6.04. The van der Waals surface area contributed by atoms with E-state index in [1.165, 1.54) is 6.07 Å². The lowest BCUT2D eigenvalue weighted by atomic mass is 10.2. The normalized spacial score (nSPS) is 10.2. The molecule has 0 atom stereocenters. The van der Waals surface area contributed by atoms with E-state index in [0.717, 1.165) is 10.0 Å². The van der Waals surface area contributed by atoms with Crippen molar-refractivity contribution in [2.75, 3.05) is 5.32 Å². The Morgan fingerprint density at radius 3 is 2.68 bits per heavy atom. The minimum atomic E-state index is -0.404. The van der Waals surface area contributed by atoms with Crippen LogP contribution in [-0.2, 0) is 6.54 Å². The van der Waals surface area contributed by atoms with Gasteiger partial charge in [-0.15, -0.1) is 0 Å². The van der Waals surface area contributed by atoms with E-state index in [-0.39, 0.29) is 5.69 Å². The monoisotopic (exact) mass is 340 g/mol. The zero-order valence-electron chi connectivity index (χ0n) is 9.77. The molecule has 1 N–H and O–H groups in total. The molecule has 2 aromatic carbocycles. The first-order valence-corrected chi connectivity index (χ1v) is 6.66. The Hall–Kier alpha value is -1.59. The van der Waals surface area contributed by atoms with Crippen LogP contribution in [0.5, 0.6) is 0 Å². The van der Waals surface area contributed by atoms with E-state index in [1.54, 1.807) is 30.3 Å². The molecule has 0 amide bonds. The summed E-state index contributed by atoms with van der Waals surface area (Å²) in [6.07, 6.45) is 0. The van der Waals surface area contributed by atoms with E-state index < -0.39 is 4.92 Å². The first-order chi connectivity index (χ1) is 9.08. The van der Waals surface area contributed by atoms with Crippen LogP contribution in [0.1, 0.15) is 5.56 Å². The molecule has 19 heavy (non-hydrogen) atoms. The van der Waals surface area contributed by atoms with Gasteiger partial charge >= 0.3 is 0 Å². The molecule has 0 spiro atoms. The molecule has 0 heterocycles. The average molecular weight is 342 g/mol. The van der Waals surface area contributed by atoms with Crippen LogP contribution in [0.3, 0.4) is 0 Å². The molecule has 98 valence electrons. The van der Waals surface area contributed by atoms with Crippen molar-refractivity contribution in [3.63, 3.8) is 0 Å². The van der Waals surface area contributed by atoms with E-state index in [1.807, 2.05) is 6.07 Å². The van der Waals surface area contributed by atoms with Gasteiger partial charge in [0, 0.05) is 22.1 Å². The highest BCUT2D eigenvalue weighted by atomic mass is 79.9. The number of nitro groups is 1. The molecule has 0 fully saturated rings. The fourth-order valence-corrected chi connectivity index (χ4v) is 2.46. The Balaban J connectivity index is 2.17. The number of hydrogen-bond acceptors (Lipinski definition) is 3. The summed E-state index contributed by atoms with van der Waals surface area (Å²) in [5, 5.41) is 14.6. The summed E-state index contributed by atoms with van der Waals surface area (Å²) in [5.41, 5.74) is 1.53. The Labute approximate surface area is 123 Å². The molecule has 0 bridgehead atoms. The molecule has 0 aliphatic carbocycles. The molecule has 6 heteroatoms. The van der Waals surface area contributed by atoms with Gasteiger partial charge < -0.3 is 5.32 Å². The van der Waals surface area contributed by atoms with Crippen molar-refractivity contribution in [2.45, 2.75) is 6.54 Å². The molecular weight excluding hydrogens is 332 g/mol. The summed E-state index contributed by atoms with van der Waals surface area (Å²) in [6.45, 7) is 0.475. The Kier molecular flexibility index (Phi) is 4.39. The maximum absolute atomic E-state index is 10.9. The summed E-state index contributed by atoms with van der Waals surface area (Å²) in [4.78, 5) is 10.5. The second-order valence-corrected chi connectivity index (χ2v) is 5.15. The molecule has 0 saturated heterocycles. The fraction of sp³-hybridized carbons (Fsp3) is 0.0769. The van der Waals surface area contributed by atoms with E-state index in [4.69, 9.17) is 11.6 Å². The molecule has 0 radical (unpaired) electrons. The molecule has 2 aromatic rings. The minimum absolute atomic E-state index is 0.0626. The van der Waals surface area contributed by atoms with Gasteiger partial charge in [-0.05, 0) is 23.8 Å². The number of rotatable bonds is 4. The molecule has 4 nitrogen and oxygen atoms in total. The molecule has 0 aliphatic heterocycles. The van der Waals surface area contributed by atoms with Crippen LogP contribution < -0.4 is 5.32 Å². The Morgan fingerprint density at radius 1 is 1.26 bits per heavy atom. The Morgan fingerprint density at radius 2 is 2.00 bits per heavy atom. The second-order valence-electron chi connectivity index (χ2n) is 3.86. The standard InChI is InChI=1S/C13H10BrClN2O2/c14-11-7-10(15)6-5-9(11)8-16-12-3-1-2-4-13(12)17(18)19/h1-7,16H,8H2. The summed E-state index contributed by atoms with van der Waals surface area (Å²) < 4.78 is 0.867. The third kappa shape index (κ3) is 3.45. The zero-order chi connectivity index (χ0) is 13.8. The molecule has 0 saturated carbocycles. The van der Waals surface area contributed by atoms with Crippen LogP contribution in [0.2, 0.25) is 5.02 Å². The SMILES string of the molecule is O=[N+]([O-])c1ccccc1NCc1ccc(Cl)cc1Br. The molecule has 0 aliphatic rings. The van der Waals surface area contributed by atoms with Gasteiger partial charge in [0.2, 0.25) is 0 Å². The van der Waals surface area contributed by atoms with Gasteiger partial charge in [-0.3, -0.25) is 10.1 Å². The molecule has 0 unspecified atom stereocenters. The summed E-state index contributed by atoms with van der Waals surface area (Å²) in [7, 11) is 0. The number of hydrogen-bond donors (Lipinski definition) is 1. The maximum Gasteiger partial charge on any atom is 0.292 e. The van der Waals surface area contributed by atoms with Gasteiger partial charge in [-0.2, -0.15) is 0 Å². The van der Waals surface area contributed by atoms with Crippen LogP contribution in [0, 0.1) is 10.1 Å². The first-order valence-electron chi connectivity index (χ1n) is 5.49. The van der Waals surface area contributed by atoms with Crippen molar-refractivity contribution < 1.29 is 4.92 Å². The summed E-state index contributed by atoms with van der Waals surface area (Å²) in [5.74, 6) is 0. The van der Waals surface area contributed by atoms with E-state index in [0.29, 0.717) is 17.3 Å². The maximum atomic E-state index is 10.9. The molecule has 0 aromatic heterocycles. The largest absolute Gasteiger partial charge is 0.375 e. The lowest BCUT2D eigenvalue weighted by Crippen LogP contribution is -2.03. The van der Waals surface area contributed by atoms with Crippen molar-refractivity contribution in [1.82, 2.24) is 0 Å². The van der Waals surface area contributed by atoms with Crippen LogP contribution >= 0.6 is 27.5 Å². The highest BCUT2D eigenvalue weighted by Gasteiger charge is 2.12. The smallest absolute Gasteiger partial charge is 0.292 e. The van der Waals surface area contributed by atoms with Gasteiger partial charge in [0.25, 0.3) is 5.69 Å². The predicted octanol–water partition coefficient (Wildman–Crippen LogP) is 4.62. The summed E-state index contributed by atoms with van der Waals surface area (Å²) in [6, 6.07) is 12.0. The van der Waals surface area contributed by atoms with Gasteiger partial charge in [0.1, 0.15) is 5.69 Å². The van der Waals surface area contributed by atoms with Crippen molar-refractivity contribution >= 4 is 38.9 Å². The quantitative estimate of drug-likeness (QED) is 0.652. The van der Waals surface area contributed by atoms with Gasteiger partial charge in [0.15, 0.2) is 0 Å². The third-order valence-electron chi connectivity index (χ3n) is 2.59. The fourth-order valence-electron chi connectivity index (χ4n) is 1.64. The topological polar surface area (TPSA) is 55.2 Å². The molecular formula is C13H10BrClN2O2. The van der Waals surface area contributed by atoms with Crippen molar-refractivity contribution in [2.24, 2.45) is 0 Å². The van der Waals surface area contributed by atoms with Crippen molar-refractivity contribution in [3.8, 4) is 0 Å². The Bertz CT molecular complexity index is 619. The van der Waals surface area contributed by atoms with Crippen molar-refractivity contribution in [1.29, 1.82) is 0 Å². The first kappa shape index (κ1) is 13.8. The van der Waals surface area contributed by atoms with E-state index in [9.17, 15) is 10.1 Å². The highest BCUT2D eigenvalue weighted by Crippen LogP contribution is 2.26. The van der Waals surface area contributed by atoms with Crippen LogP contribution in [0.4, 0.5) is 11.4 Å². The van der Waals surface area contributed by atoms with Crippen molar-refractivity contribution in [3.05, 3.63) is 67.6 Å². The number of benzene rings is 2. The lowest BCUT2D eigenvalue weighted by molar-refractivity contribution is -0.384. The number of para-hydroxylation sites is 2. The highest BCUT2D eigenvalue weighted by molar-refractivity contribution is 9.10. The minimum Gasteiger partial charge on any atom is -0.375 e.